The lowest BCUT2D eigenvalue weighted by atomic mass is 10.0. The van der Waals surface area contributed by atoms with Crippen molar-refractivity contribution in [3.63, 3.8) is 0 Å². The molecule has 0 spiro atoms. The number of nitrogens with one attached hydrogen (secondary N) is 2. The van der Waals surface area contributed by atoms with E-state index >= 15 is 0 Å². The SMILES string of the molecule is COc1cc(S(C)(=O)=O)ccc1NCC#Cc1sc2c(NC3CCN(C(=O)O)CC3F)cccc2c1C(F)C(F)F. The van der Waals surface area contributed by atoms with Gasteiger partial charge in [0, 0.05) is 29.8 Å². The standard InChI is InChI=1S/C27H27F4N3O5S2/c1-39-21-13-15(41(2,37)38)8-9-19(21)32-11-4-7-22-23(24(29)26(30)31)16-5-3-6-20(25(16)40-22)33-18-10-12-34(27(35)36)14-17(18)28/h3,5-6,8-9,13,17-18,24,26,32-33H,10-12,14H2,1-2H3,(H,35,36). The van der Waals surface area contributed by atoms with Gasteiger partial charge in [0.1, 0.15) is 11.9 Å². The quantitative estimate of drug-likeness (QED) is 0.226. The molecule has 0 saturated carbocycles. The Morgan fingerprint density at radius 3 is 2.63 bits per heavy atom. The molecule has 4 rings (SSSR count). The number of amides is 1. The summed E-state index contributed by atoms with van der Waals surface area (Å²) in [6.45, 7) is -0.171. The maximum Gasteiger partial charge on any atom is 0.407 e. The summed E-state index contributed by atoms with van der Waals surface area (Å²) in [4.78, 5) is 12.3. The topological polar surface area (TPSA) is 108 Å². The number of ether oxygens (including phenoxy) is 1. The number of sulfone groups is 1. The van der Waals surface area contributed by atoms with Crippen LogP contribution in [0.3, 0.4) is 0 Å². The van der Waals surface area contributed by atoms with Crippen molar-refractivity contribution in [1.82, 2.24) is 4.90 Å². The molecule has 3 unspecified atom stereocenters. The normalized spacial score (nSPS) is 18.1. The average Bonchev–Trinajstić information content (AvgIpc) is 3.30. The second-order valence-electron chi connectivity index (χ2n) is 9.34. The number of thiophene rings is 1. The van der Waals surface area contributed by atoms with Gasteiger partial charge in [-0.05, 0) is 24.6 Å². The number of rotatable bonds is 8. The number of benzene rings is 2. The molecular weight excluding hydrogens is 586 g/mol. The van der Waals surface area contributed by atoms with Crippen LogP contribution >= 0.6 is 11.3 Å². The lowest BCUT2D eigenvalue weighted by Crippen LogP contribution is -2.49. The summed E-state index contributed by atoms with van der Waals surface area (Å²) in [5, 5.41) is 15.4. The minimum Gasteiger partial charge on any atom is -0.495 e. The van der Waals surface area contributed by atoms with Crippen molar-refractivity contribution in [3.8, 4) is 17.6 Å². The monoisotopic (exact) mass is 613 g/mol. The summed E-state index contributed by atoms with van der Waals surface area (Å²) in [5.74, 6) is 5.81. The molecule has 0 radical (unpaired) electrons. The van der Waals surface area contributed by atoms with Crippen molar-refractivity contribution in [1.29, 1.82) is 0 Å². The van der Waals surface area contributed by atoms with Gasteiger partial charge in [-0.15, -0.1) is 11.3 Å². The Hall–Kier alpha value is -3.70. The Labute approximate surface area is 238 Å². The molecule has 8 nitrogen and oxygen atoms in total. The number of anilines is 2. The fraction of sp³-hybridized carbons (Fsp3) is 0.370. The molecule has 1 aromatic heterocycles. The highest BCUT2D eigenvalue weighted by atomic mass is 32.2. The highest BCUT2D eigenvalue weighted by Crippen LogP contribution is 2.42. The lowest BCUT2D eigenvalue weighted by Gasteiger charge is -2.34. The molecule has 1 saturated heterocycles. The zero-order chi connectivity index (χ0) is 29.9. The van der Waals surface area contributed by atoms with Crippen molar-refractivity contribution >= 4 is 48.7 Å². The molecule has 1 fully saturated rings. The van der Waals surface area contributed by atoms with Crippen LogP contribution in [0.2, 0.25) is 0 Å². The van der Waals surface area contributed by atoms with E-state index in [1.54, 1.807) is 12.1 Å². The van der Waals surface area contributed by atoms with Crippen LogP contribution in [-0.4, -0.2) is 76.2 Å². The Bertz CT molecular complexity index is 1600. The Kier molecular flexibility index (Phi) is 9.18. The van der Waals surface area contributed by atoms with Crippen LogP contribution in [0.25, 0.3) is 10.1 Å². The van der Waals surface area contributed by atoms with Gasteiger partial charge in [0.2, 0.25) is 0 Å². The number of carboxylic acid groups (broad SMARTS) is 1. The second-order valence-corrected chi connectivity index (χ2v) is 12.4. The third kappa shape index (κ3) is 6.79. The Morgan fingerprint density at radius 2 is 2.00 bits per heavy atom. The van der Waals surface area contributed by atoms with Crippen LogP contribution in [0.5, 0.6) is 5.75 Å². The van der Waals surface area contributed by atoms with Crippen molar-refractivity contribution in [2.45, 2.75) is 36.1 Å². The van der Waals surface area contributed by atoms with E-state index < -0.39 is 40.7 Å². The molecule has 2 aromatic carbocycles. The van der Waals surface area contributed by atoms with E-state index in [1.807, 2.05) is 0 Å². The highest BCUT2D eigenvalue weighted by molar-refractivity contribution is 7.90. The van der Waals surface area contributed by atoms with Crippen LogP contribution < -0.4 is 15.4 Å². The first kappa shape index (κ1) is 30.3. The van der Waals surface area contributed by atoms with E-state index in [1.165, 1.54) is 31.4 Å². The van der Waals surface area contributed by atoms with E-state index in [4.69, 9.17) is 9.84 Å². The van der Waals surface area contributed by atoms with Crippen LogP contribution in [0, 0.1) is 11.8 Å². The third-order valence-corrected chi connectivity index (χ3v) is 8.85. The number of hydrogen-bond acceptors (Lipinski definition) is 7. The molecule has 220 valence electrons. The van der Waals surface area contributed by atoms with Crippen molar-refractivity contribution in [2.75, 3.05) is 43.6 Å². The fourth-order valence-corrected chi connectivity index (χ4v) is 6.32. The summed E-state index contributed by atoms with van der Waals surface area (Å²) in [6.07, 6.45) is -7.35. The predicted molar refractivity (Wildman–Crippen MR) is 150 cm³/mol. The Balaban J connectivity index is 1.61. The number of alkyl halides is 4. The lowest BCUT2D eigenvalue weighted by molar-refractivity contribution is 0.0504. The van der Waals surface area contributed by atoms with E-state index in [-0.39, 0.29) is 52.5 Å². The molecule has 1 aliphatic heterocycles. The maximum atomic E-state index is 14.8. The number of fused-ring (bicyclic) bond motifs is 1. The molecule has 0 aliphatic carbocycles. The van der Waals surface area contributed by atoms with Gasteiger partial charge in [-0.3, -0.25) is 0 Å². The van der Waals surface area contributed by atoms with E-state index in [9.17, 15) is 30.8 Å². The van der Waals surface area contributed by atoms with Gasteiger partial charge in [0.05, 0.1) is 52.1 Å². The average molecular weight is 614 g/mol. The van der Waals surface area contributed by atoms with Crippen LogP contribution in [0.4, 0.5) is 33.7 Å². The summed E-state index contributed by atoms with van der Waals surface area (Å²) < 4.78 is 85.9. The first-order chi connectivity index (χ1) is 19.4. The largest absolute Gasteiger partial charge is 0.495 e. The molecule has 3 atom stereocenters. The van der Waals surface area contributed by atoms with Crippen LogP contribution in [0.1, 0.15) is 23.0 Å². The number of hydrogen-bond donors (Lipinski definition) is 3. The molecule has 0 bridgehead atoms. The molecule has 41 heavy (non-hydrogen) atoms. The fourth-order valence-electron chi connectivity index (χ4n) is 4.50. The third-order valence-electron chi connectivity index (χ3n) is 6.57. The number of carbonyl (C=O) groups is 1. The van der Waals surface area contributed by atoms with Crippen molar-refractivity contribution < 1.29 is 40.6 Å². The zero-order valence-corrected chi connectivity index (χ0v) is 23.6. The van der Waals surface area contributed by atoms with Gasteiger partial charge < -0.3 is 25.4 Å². The number of piperidine rings is 1. The first-order valence-electron chi connectivity index (χ1n) is 12.4. The smallest absolute Gasteiger partial charge is 0.407 e. The highest BCUT2D eigenvalue weighted by Gasteiger charge is 2.33. The van der Waals surface area contributed by atoms with Gasteiger partial charge >= 0.3 is 6.09 Å². The molecule has 1 amide bonds. The van der Waals surface area contributed by atoms with Crippen LogP contribution in [-0.2, 0) is 9.84 Å². The number of nitrogens with zero attached hydrogens (tertiary/aromatic N) is 1. The van der Waals surface area contributed by atoms with Gasteiger partial charge in [-0.1, -0.05) is 24.0 Å². The molecular formula is C27H27F4N3O5S2. The van der Waals surface area contributed by atoms with Crippen molar-refractivity contribution in [2.24, 2.45) is 0 Å². The van der Waals surface area contributed by atoms with E-state index in [0.717, 1.165) is 22.5 Å². The minimum absolute atomic E-state index is 0.00465. The van der Waals surface area contributed by atoms with E-state index in [2.05, 4.69) is 22.5 Å². The minimum atomic E-state index is -3.45. The van der Waals surface area contributed by atoms with E-state index in [0.29, 0.717) is 16.1 Å². The summed E-state index contributed by atoms with van der Waals surface area (Å²) in [6, 6.07) is 8.21. The second kappa shape index (κ2) is 12.4. The Morgan fingerprint density at radius 1 is 1.24 bits per heavy atom. The van der Waals surface area contributed by atoms with Crippen molar-refractivity contribution in [3.05, 3.63) is 46.8 Å². The van der Waals surface area contributed by atoms with Gasteiger partial charge in [0.25, 0.3) is 6.43 Å². The molecule has 1 aliphatic rings. The predicted octanol–water partition coefficient (Wildman–Crippen LogP) is 5.56. The molecule has 14 heteroatoms. The number of methoxy groups -OCH3 is 1. The first-order valence-corrected chi connectivity index (χ1v) is 15.1. The van der Waals surface area contributed by atoms with Gasteiger partial charge in [0.15, 0.2) is 16.0 Å². The van der Waals surface area contributed by atoms with Gasteiger partial charge in [-0.2, -0.15) is 0 Å². The molecule has 2 heterocycles. The number of halogens is 4. The number of likely N-dealkylation sites (tertiary alicyclic amines) is 1. The molecule has 3 N–H and O–H groups in total. The van der Waals surface area contributed by atoms with Crippen LogP contribution in [0.15, 0.2) is 41.3 Å². The zero-order valence-electron chi connectivity index (χ0n) is 22.0. The maximum absolute atomic E-state index is 14.8. The summed E-state index contributed by atoms with van der Waals surface area (Å²) in [5.41, 5.74) is 0.597. The van der Waals surface area contributed by atoms with Gasteiger partial charge in [-0.25, -0.2) is 30.8 Å². The molecule has 3 aromatic rings. The summed E-state index contributed by atoms with van der Waals surface area (Å²) >= 11 is 0.995. The summed E-state index contributed by atoms with van der Waals surface area (Å²) in [7, 11) is -2.08.